The van der Waals surface area contributed by atoms with E-state index in [9.17, 15) is 4.79 Å². The highest BCUT2D eigenvalue weighted by atomic mass is 35.5. The quantitative estimate of drug-likeness (QED) is 0.348. The zero-order valence-electron chi connectivity index (χ0n) is 18.0. The number of aromatic nitrogens is 1. The molecule has 5 rings (SSSR count). The molecule has 0 spiro atoms. The highest BCUT2D eigenvalue weighted by Gasteiger charge is 2.28. The first-order valence-electron chi connectivity index (χ1n) is 10.9. The summed E-state index contributed by atoms with van der Waals surface area (Å²) in [5, 5.41) is 5.30. The second kappa shape index (κ2) is 9.05. The molecule has 4 aromatic rings. The highest BCUT2D eigenvalue weighted by molar-refractivity contribution is 6.35. The normalized spacial score (nSPS) is 16.0. The molecule has 0 saturated carbocycles. The summed E-state index contributed by atoms with van der Waals surface area (Å²) in [4.78, 5) is 17.4. The molecular weight excluding hydrogens is 455 g/mol. The largest absolute Gasteiger partial charge is 0.493 e. The van der Waals surface area contributed by atoms with Crippen LogP contribution in [0.4, 0.5) is 0 Å². The van der Waals surface area contributed by atoms with Crippen molar-refractivity contribution in [3.05, 3.63) is 94.1 Å². The summed E-state index contributed by atoms with van der Waals surface area (Å²) in [5.41, 5.74) is 4.44. The Morgan fingerprint density at radius 1 is 1.03 bits per heavy atom. The number of fused-ring (bicyclic) bond motifs is 2. The van der Waals surface area contributed by atoms with Crippen LogP contribution < -0.4 is 10.1 Å². The van der Waals surface area contributed by atoms with Gasteiger partial charge in [-0.3, -0.25) is 9.78 Å². The number of pyridine rings is 1. The van der Waals surface area contributed by atoms with Gasteiger partial charge < -0.3 is 10.1 Å². The van der Waals surface area contributed by atoms with E-state index in [0.29, 0.717) is 22.2 Å². The SMILES string of the molecule is CC(NC(=O)c1cnc2ccccc2c1)[C@H]1CCOc2ccc(-c3cc(Cl)cc(Cl)c3)cc21. The maximum Gasteiger partial charge on any atom is 0.253 e. The zero-order chi connectivity index (χ0) is 22.9. The van der Waals surface area contributed by atoms with E-state index in [4.69, 9.17) is 27.9 Å². The van der Waals surface area contributed by atoms with Crippen molar-refractivity contribution in [1.29, 1.82) is 0 Å². The first-order chi connectivity index (χ1) is 16.0. The summed E-state index contributed by atoms with van der Waals surface area (Å²) in [6.45, 7) is 2.65. The standard InChI is InChI=1S/C27H22Cl2N2O2/c1-16(31-27(32)20-10-18-4-2-3-5-25(18)30-15-20)23-8-9-33-26-7-6-17(13-24(23)26)19-11-21(28)14-22(29)12-19/h2-7,10-16,23H,8-9H2,1H3,(H,31,32)/t16?,23-/m1/s1. The minimum absolute atomic E-state index is 0.0928. The molecule has 2 heterocycles. The van der Waals surface area contributed by atoms with E-state index < -0.39 is 0 Å². The van der Waals surface area contributed by atoms with Crippen LogP contribution in [0, 0.1) is 0 Å². The van der Waals surface area contributed by atoms with Gasteiger partial charge in [0, 0.05) is 33.6 Å². The topological polar surface area (TPSA) is 51.2 Å². The minimum Gasteiger partial charge on any atom is -0.493 e. The van der Waals surface area contributed by atoms with E-state index in [1.54, 1.807) is 12.3 Å². The Kier molecular flexibility index (Phi) is 5.96. The lowest BCUT2D eigenvalue weighted by Crippen LogP contribution is -2.38. The fourth-order valence-corrected chi connectivity index (χ4v) is 4.95. The molecule has 0 fully saturated rings. The second-order valence-corrected chi connectivity index (χ2v) is 9.21. The summed E-state index contributed by atoms with van der Waals surface area (Å²) in [5.74, 6) is 0.823. The van der Waals surface area contributed by atoms with E-state index in [1.807, 2.05) is 61.5 Å². The molecule has 1 aliphatic rings. The molecule has 0 saturated heterocycles. The molecule has 1 aromatic heterocycles. The smallest absolute Gasteiger partial charge is 0.253 e. The van der Waals surface area contributed by atoms with Gasteiger partial charge in [-0.15, -0.1) is 0 Å². The van der Waals surface area contributed by atoms with Gasteiger partial charge in [-0.25, -0.2) is 0 Å². The molecule has 0 aliphatic carbocycles. The Balaban J connectivity index is 1.41. The number of carbonyl (C=O) groups excluding carboxylic acids is 1. The number of hydrogen-bond donors (Lipinski definition) is 1. The summed E-state index contributed by atoms with van der Waals surface area (Å²) >= 11 is 12.4. The number of rotatable bonds is 4. The summed E-state index contributed by atoms with van der Waals surface area (Å²) < 4.78 is 5.91. The van der Waals surface area contributed by atoms with Gasteiger partial charge in [0.05, 0.1) is 17.7 Å². The summed E-state index contributed by atoms with van der Waals surface area (Å²) in [6, 6.07) is 21.2. The number of para-hydroxylation sites is 1. The average Bonchev–Trinajstić information content (AvgIpc) is 2.82. The second-order valence-electron chi connectivity index (χ2n) is 8.33. The van der Waals surface area contributed by atoms with Crippen LogP contribution in [0.2, 0.25) is 10.0 Å². The Hall–Kier alpha value is -3.08. The van der Waals surface area contributed by atoms with Gasteiger partial charge in [-0.2, -0.15) is 0 Å². The van der Waals surface area contributed by atoms with Crippen molar-refractivity contribution in [3.8, 4) is 16.9 Å². The molecule has 4 nitrogen and oxygen atoms in total. The van der Waals surface area contributed by atoms with E-state index in [-0.39, 0.29) is 17.9 Å². The van der Waals surface area contributed by atoms with Crippen LogP contribution in [0.1, 0.15) is 35.2 Å². The van der Waals surface area contributed by atoms with Crippen LogP contribution >= 0.6 is 23.2 Å². The summed E-state index contributed by atoms with van der Waals surface area (Å²) in [6.07, 6.45) is 2.44. The third-order valence-electron chi connectivity index (χ3n) is 6.11. The van der Waals surface area contributed by atoms with Crippen molar-refractivity contribution in [2.45, 2.75) is 25.3 Å². The molecule has 6 heteroatoms. The molecular formula is C27H22Cl2N2O2. The van der Waals surface area contributed by atoms with Gasteiger partial charge in [0.2, 0.25) is 0 Å². The van der Waals surface area contributed by atoms with Gasteiger partial charge in [-0.05, 0) is 72.5 Å². The number of benzene rings is 3. The molecule has 166 valence electrons. The monoisotopic (exact) mass is 476 g/mol. The average molecular weight is 477 g/mol. The van der Waals surface area contributed by atoms with Gasteiger partial charge in [0.25, 0.3) is 5.91 Å². The third-order valence-corrected chi connectivity index (χ3v) is 6.54. The number of ether oxygens (including phenoxy) is 1. The van der Waals surface area contributed by atoms with Gasteiger partial charge >= 0.3 is 0 Å². The molecule has 0 radical (unpaired) electrons. The Bertz CT molecular complexity index is 1340. The Morgan fingerprint density at radius 3 is 2.64 bits per heavy atom. The minimum atomic E-state index is -0.133. The number of halogens is 2. The molecule has 3 aromatic carbocycles. The fraction of sp³-hybridized carbons (Fsp3) is 0.185. The third kappa shape index (κ3) is 4.54. The number of nitrogens with one attached hydrogen (secondary N) is 1. The maximum atomic E-state index is 13.0. The highest BCUT2D eigenvalue weighted by Crippen LogP contribution is 2.39. The first kappa shape index (κ1) is 21.7. The van der Waals surface area contributed by atoms with E-state index in [2.05, 4.69) is 16.4 Å². The molecule has 1 unspecified atom stereocenters. The zero-order valence-corrected chi connectivity index (χ0v) is 19.5. The lowest BCUT2D eigenvalue weighted by molar-refractivity contribution is 0.0929. The van der Waals surface area contributed by atoms with Crippen molar-refractivity contribution in [2.75, 3.05) is 6.61 Å². The van der Waals surface area contributed by atoms with Crippen LogP contribution in [0.25, 0.3) is 22.0 Å². The lowest BCUT2D eigenvalue weighted by atomic mass is 9.85. The van der Waals surface area contributed by atoms with Crippen LogP contribution in [-0.2, 0) is 0 Å². The van der Waals surface area contributed by atoms with Gasteiger partial charge in [0.1, 0.15) is 5.75 Å². The van der Waals surface area contributed by atoms with Gasteiger partial charge in [0.15, 0.2) is 0 Å². The molecule has 1 aliphatic heterocycles. The van der Waals surface area contributed by atoms with Crippen molar-refractivity contribution in [1.82, 2.24) is 10.3 Å². The van der Waals surface area contributed by atoms with E-state index in [1.165, 1.54) is 0 Å². The molecule has 2 atom stereocenters. The fourth-order valence-electron chi connectivity index (χ4n) is 4.43. The Labute approximate surface area is 202 Å². The Morgan fingerprint density at radius 2 is 1.82 bits per heavy atom. The number of carbonyl (C=O) groups is 1. The number of amides is 1. The number of hydrogen-bond acceptors (Lipinski definition) is 3. The predicted octanol–water partition coefficient (Wildman–Crippen LogP) is 6.89. The van der Waals surface area contributed by atoms with Crippen LogP contribution in [0.15, 0.2) is 72.9 Å². The molecule has 33 heavy (non-hydrogen) atoms. The maximum absolute atomic E-state index is 13.0. The van der Waals surface area contributed by atoms with Crippen molar-refractivity contribution in [2.24, 2.45) is 0 Å². The molecule has 1 amide bonds. The van der Waals surface area contributed by atoms with Gasteiger partial charge in [-0.1, -0.05) is 47.5 Å². The summed E-state index contributed by atoms with van der Waals surface area (Å²) in [7, 11) is 0. The van der Waals surface area contributed by atoms with Crippen LogP contribution in [0.3, 0.4) is 0 Å². The van der Waals surface area contributed by atoms with Crippen molar-refractivity contribution < 1.29 is 9.53 Å². The van der Waals surface area contributed by atoms with Crippen LogP contribution in [0.5, 0.6) is 5.75 Å². The van der Waals surface area contributed by atoms with Crippen molar-refractivity contribution >= 4 is 40.0 Å². The lowest BCUT2D eigenvalue weighted by Gasteiger charge is -2.31. The van der Waals surface area contributed by atoms with Crippen LogP contribution in [-0.4, -0.2) is 23.5 Å². The van der Waals surface area contributed by atoms with Crippen molar-refractivity contribution in [3.63, 3.8) is 0 Å². The predicted molar refractivity (Wildman–Crippen MR) is 133 cm³/mol. The molecule has 1 N–H and O–H groups in total. The first-order valence-corrected chi connectivity index (χ1v) is 11.6. The number of nitrogens with zero attached hydrogens (tertiary/aromatic N) is 1. The molecule has 0 bridgehead atoms. The van der Waals surface area contributed by atoms with E-state index in [0.717, 1.165) is 39.8 Å². The van der Waals surface area contributed by atoms with E-state index >= 15 is 0 Å².